The largest absolute Gasteiger partial charge is 0.494 e. The first kappa shape index (κ1) is 14.7. The van der Waals surface area contributed by atoms with Crippen LogP contribution in [0.5, 0.6) is 5.75 Å². The molecule has 0 amide bonds. The molecule has 1 aromatic carbocycles. The van der Waals surface area contributed by atoms with Gasteiger partial charge in [0.05, 0.1) is 13.2 Å². The zero-order valence-electron chi connectivity index (χ0n) is 12.6. The number of ether oxygens (including phenoxy) is 1. The van der Waals surface area contributed by atoms with Gasteiger partial charge in [-0.05, 0) is 32.8 Å². The summed E-state index contributed by atoms with van der Waals surface area (Å²) >= 11 is 0. The van der Waals surface area contributed by atoms with E-state index in [2.05, 4.69) is 23.2 Å². The summed E-state index contributed by atoms with van der Waals surface area (Å²) in [7, 11) is 0. The molecule has 4 nitrogen and oxygen atoms in total. The molecule has 1 aromatic rings. The highest BCUT2D eigenvalue weighted by Crippen LogP contribution is 2.19. The Balaban J connectivity index is 2.08. The molecule has 1 N–H and O–H groups in total. The summed E-state index contributed by atoms with van der Waals surface area (Å²) in [5.74, 6) is 1.97. The molecule has 1 fully saturated rings. The number of aliphatic imine (C=N–C) groups is 1. The molecule has 0 aliphatic carbocycles. The van der Waals surface area contributed by atoms with Gasteiger partial charge in [-0.15, -0.1) is 0 Å². The molecule has 1 heterocycles. The normalized spacial score (nSPS) is 15.5. The molecular formula is C16H25N3O. The van der Waals surface area contributed by atoms with Crippen molar-refractivity contribution in [2.24, 2.45) is 4.99 Å². The summed E-state index contributed by atoms with van der Waals surface area (Å²) in [5.41, 5.74) is 1.14. The minimum Gasteiger partial charge on any atom is -0.494 e. The highest BCUT2D eigenvalue weighted by molar-refractivity contribution is 5.80. The standard InChI is InChI=1S/C16H25N3O/c1-3-17-16(19-11-7-8-12-19)18-13-14-9-5-6-10-15(14)20-4-2/h5-6,9-10H,3-4,7-8,11-13H2,1-2H3,(H,17,18). The van der Waals surface area contributed by atoms with Crippen LogP contribution in [0.15, 0.2) is 29.3 Å². The van der Waals surface area contributed by atoms with Gasteiger partial charge in [0.15, 0.2) is 5.96 Å². The number of guanidine groups is 1. The van der Waals surface area contributed by atoms with Crippen molar-refractivity contribution in [3.8, 4) is 5.75 Å². The lowest BCUT2D eigenvalue weighted by Crippen LogP contribution is -2.39. The third-order valence-corrected chi connectivity index (χ3v) is 3.41. The number of rotatable bonds is 5. The first-order valence-electron chi connectivity index (χ1n) is 7.59. The van der Waals surface area contributed by atoms with Crippen LogP contribution in [-0.4, -0.2) is 37.1 Å². The molecule has 0 saturated carbocycles. The van der Waals surface area contributed by atoms with Crippen LogP contribution in [0.1, 0.15) is 32.3 Å². The maximum absolute atomic E-state index is 5.65. The molecule has 1 aliphatic rings. The van der Waals surface area contributed by atoms with E-state index >= 15 is 0 Å². The summed E-state index contributed by atoms with van der Waals surface area (Å²) in [6.07, 6.45) is 2.53. The Hall–Kier alpha value is -1.71. The van der Waals surface area contributed by atoms with Crippen molar-refractivity contribution in [2.45, 2.75) is 33.2 Å². The molecule has 0 spiro atoms. The van der Waals surface area contributed by atoms with E-state index in [1.165, 1.54) is 12.8 Å². The summed E-state index contributed by atoms with van der Waals surface area (Å²) in [6, 6.07) is 8.14. The second-order valence-corrected chi connectivity index (χ2v) is 4.91. The van der Waals surface area contributed by atoms with Crippen LogP contribution in [0.4, 0.5) is 0 Å². The van der Waals surface area contributed by atoms with Crippen LogP contribution >= 0.6 is 0 Å². The molecule has 2 rings (SSSR count). The summed E-state index contributed by atoms with van der Waals surface area (Å²) < 4.78 is 5.65. The van der Waals surface area contributed by atoms with Crippen LogP contribution in [0.2, 0.25) is 0 Å². The van der Waals surface area contributed by atoms with Gasteiger partial charge in [0.2, 0.25) is 0 Å². The number of nitrogens with one attached hydrogen (secondary N) is 1. The minimum atomic E-state index is 0.662. The molecule has 0 aromatic heterocycles. The lowest BCUT2D eigenvalue weighted by atomic mass is 10.2. The minimum absolute atomic E-state index is 0.662. The number of nitrogens with zero attached hydrogens (tertiary/aromatic N) is 2. The van der Waals surface area contributed by atoms with E-state index in [1.807, 2.05) is 25.1 Å². The summed E-state index contributed by atoms with van der Waals surface area (Å²) in [5, 5.41) is 3.38. The average Bonchev–Trinajstić information content (AvgIpc) is 2.99. The van der Waals surface area contributed by atoms with E-state index in [0.717, 1.165) is 36.9 Å². The monoisotopic (exact) mass is 275 g/mol. The lowest BCUT2D eigenvalue weighted by Gasteiger charge is -2.20. The van der Waals surface area contributed by atoms with Crippen molar-refractivity contribution in [3.63, 3.8) is 0 Å². The fourth-order valence-electron chi connectivity index (χ4n) is 2.45. The van der Waals surface area contributed by atoms with E-state index in [4.69, 9.17) is 9.73 Å². The van der Waals surface area contributed by atoms with Gasteiger partial charge < -0.3 is 15.0 Å². The number of hydrogen-bond acceptors (Lipinski definition) is 2. The van der Waals surface area contributed by atoms with Crippen LogP contribution in [0.25, 0.3) is 0 Å². The Morgan fingerprint density at radius 3 is 2.70 bits per heavy atom. The highest BCUT2D eigenvalue weighted by atomic mass is 16.5. The Kier molecular flexibility index (Phi) is 5.71. The molecule has 1 aliphatic heterocycles. The molecule has 0 unspecified atom stereocenters. The molecule has 4 heteroatoms. The van der Waals surface area contributed by atoms with Crippen LogP contribution < -0.4 is 10.1 Å². The molecule has 0 radical (unpaired) electrons. The molecule has 0 atom stereocenters. The Bertz CT molecular complexity index is 439. The van der Waals surface area contributed by atoms with Gasteiger partial charge in [0.25, 0.3) is 0 Å². The molecular weight excluding hydrogens is 250 g/mol. The van der Waals surface area contributed by atoms with E-state index in [-0.39, 0.29) is 0 Å². The zero-order valence-corrected chi connectivity index (χ0v) is 12.6. The number of hydrogen-bond donors (Lipinski definition) is 1. The quantitative estimate of drug-likeness (QED) is 0.663. The number of likely N-dealkylation sites (tertiary alicyclic amines) is 1. The van der Waals surface area contributed by atoms with Gasteiger partial charge in [-0.1, -0.05) is 18.2 Å². The van der Waals surface area contributed by atoms with Gasteiger partial charge >= 0.3 is 0 Å². The highest BCUT2D eigenvalue weighted by Gasteiger charge is 2.15. The van der Waals surface area contributed by atoms with Crippen LogP contribution in [0, 0.1) is 0 Å². The van der Waals surface area contributed by atoms with Crippen molar-refractivity contribution < 1.29 is 4.74 Å². The smallest absolute Gasteiger partial charge is 0.194 e. The van der Waals surface area contributed by atoms with E-state index in [0.29, 0.717) is 13.2 Å². The first-order valence-corrected chi connectivity index (χ1v) is 7.59. The Labute approximate surface area is 121 Å². The van der Waals surface area contributed by atoms with E-state index in [1.54, 1.807) is 0 Å². The molecule has 1 saturated heterocycles. The molecule has 20 heavy (non-hydrogen) atoms. The van der Waals surface area contributed by atoms with Gasteiger partial charge in [-0.2, -0.15) is 0 Å². The second-order valence-electron chi connectivity index (χ2n) is 4.91. The third kappa shape index (κ3) is 3.89. The topological polar surface area (TPSA) is 36.9 Å². The van der Waals surface area contributed by atoms with Crippen LogP contribution in [0.3, 0.4) is 0 Å². The summed E-state index contributed by atoms with van der Waals surface area (Å²) in [6.45, 7) is 8.59. The number of benzene rings is 1. The fourth-order valence-corrected chi connectivity index (χ4v) is 2.45. The Morgan fingerprint density at radius 2 is 2.00 bits per heavy atom. The fraction of sp³-hybridized carbons (Fsp3) is 0.562. The number of para-hydroxylation sites is 1. The van der Waals surface area contributed by atoms with Crippen molar-refractivity contribution in [1.29, 1.82) is 0 Å². The zero-order chi connectivity index (χ0) is 14.2. The Morgan fingerprint density at radius 1 is 1.25 bits per heavy atom. The molecule has 110 valence electrons. The van der Waals surface area contributed by atoms with Gasteiger partial charge in [-0.25, -0.2) is 4.99 Å². The third-order valence-electron chi connectivity index (χ3n) is 3.41. The molecule has 0 bridgehead atoms. The predicted octanol–water partition coefficient (Wildman–Crippen LogP) is 2.65. The van der Waals surface area contributed by atoms with Crippen LogP contribution in [-0.2, 0) is 6.54 Å². The van der Waals surface area contributed by atoms with Gasteiger partial charge in [0, 0.05) is 25.2 Å². The van der Waals surface area contributed by atoms with Crippen molar-refractivity contribution in [1.82, 2.24) is 10.2 Å². The van der Waals surface area contributed by atoms with E-state index < -0.39 is 0 Å². The SMILES string of the molecule is CCNC(=NCc1ccccc1OCC)N1CCCC1. The lowest BCUT2D eigenvalue weighted by molar-refractivity contribution is 0.336. The maximum Gasteiger partial charge on any atom is 0.194 e. The maximum atomic E-state index is 5.65. The predicted molar refractivity (Wildman–Crippen MR) is 83.2 cm³/mol. The first-order chi connectivity index (χ1) is 9.85. The average molecular weight is 275 g/mol. The second kappa shape index (κ2) is 7.78. The van der Waals surface area contributed by atoms with Gasteiger partial charge in [-0.3, -0.25) is 0 Å². The van der Waals surface area contributed by atoms with Crippen molar-refractivity contribution >= 4 is 5.96 Å². The van der Waals surface area contributed by atoms with E-state index in [9.17, 15) is 0 Å². The van der Waals surface area contributed by atoms with Crippen molar-refractivity contribution in [3.05, 3.63) is 29.8 Å². The van der Waals surface area contributed by atoms with Crippen molar-refractivity contribution in [2.75, 3.05) is 26.2 Å². The summed E-state index contributed by atoms with van der Waals surface area (Å²) in [4.78, 5) is 7.10. The van der Waals surface area contributed by atoms with Gasteiger partial charge in [0.1, 0.15) is 5.75 Å².